The van der Waals surface area contributed by atoms with Crippen molar-refractivity contribution in [3.8, 4) is 0 Å². The zero-order chi connectivity index (χ0) is 22.8. The van der Waals surface area contributed by atoms with Crippen molar-refractivity contribution in [1.82, 2.24) is 19.6 Å². The first kappa shape index (κ1) is 22.2. The van der Waals surface area contributed by atoms with Crippen molar-refractivity contribution in [2.45, 2.75) is 32.1 Å². The van der Waals surface area contributed by atoms with Crippen LogP contribution in [0.5, 0.6) is 0 Å². The molecule has 8 nitrogen and oxygen atoms in total. The van der Waals surface area contributed by atoms with Crippen LogP contribution in [0.15, 0.2) is 24.3 Å². The summed E-state index contributed by atoms with van der Waals surface area (Å²) in [4.78, 5) is 48.5. The monoisotopic (exact) mass is 453 g/mol. The van der Waals surface area contributed by atoms with E-state index in [1.165, 1.54) is 5.56 Å². The van der Waals surface area contributed by atoms with Gasteiger partial charge in [0.25, 0.3) is 0 Å². The molecule has 33 heavy (non-hydrogen) atoms. The molecule has 0 radical (unpaired) electrons. The van der Waals surface area contributed by atoms with Gasteiger partial charge in [0.05, 0.1) is 6.54 Å². The van der Waals surface area contributed by atoms with Crippen molar-refractivity contribution in [2.24, 2.45) is 5.92 Å². The number of carbonyl (C=O) groups excluding carboxylic acids is 3. The lowest BCUT2D eigenvalue weighted by Crippen LogP contribution is -2.54. The number of para-hydroxylation sites is 1. The van der Waals surface area contributed by atoms with Crippen molar-refractivity contribution >= 4 is 23.5 Å². The van der Waals surface area contributed by atoms with Gasteiger partial charge in [-0.05, 0) is 43.7 Å². The predicted octanol–water partition coefficient (Wildman–Crippen LogP) is 1.65. The van der Waals surface area contributed by atoms with Crippen molar-refractivity contribution in [2.75, 3.05) is 70.3 Å². The maximum absolute atomic E-state index is 13.1. The van der Waals surface area contributed by atoms with E-state index >= 15 is 0 Å². The van der Waals surface area contributed by atoms with Crippen LogP contribution >= 0.6 is 0 Å². The maximum Gasteiger partial charge on any atom is 0.319 e. The Morgan fingerprint density at radius 1 is 0.758 bits per heavy atom. The highest BCUT2D eigenvalue weighted by molar-refractivity contribution is 5.96. The molecule has 0 atom stereocenters. The quantitative estimate of drug-likeness (QED) is 0.698. The molecule has 0 spiro atoms. The third kappa shape index (κ3) is 4.71. The molecule has 178 valence electrons. The molecule has 4 heterocycles. The molecular formula is C25H35N5O3. The fourth-order valence-corrected chi connectivity index (χ4v) is 5.68. The van der Waals surface area contributed by atoms with E-state index in [9.17, 15) is 14.4 Å². The third-order valence-corrected chi connectivity index (χ3v) is 7.72. The second-order valence-corrected chi connectivity index (χ2v) is 9.76. The van der Waals surface area contributed by atoms with E-state index in [0.717, 1.165) is 70.5 Å². The molecular weight excluding hydrogens is 418 g/mol. The van der Waals surface area contributed by atoms with Gasteiger partial charge < -0.3 is 19.6 Å². The van der Waals surface area contributed by atoms with Crippen molar-refractivity contribution in [3.63, 3.8) is 0 Å². The van der Waals surface area contributed by atoms with E-state index in [2.05, 4.69) is 11.0 Å². The highest BCUT2D eigenvalue weighted by atomic mass is 16.2. The number of amides is 4. The standard InChI is InChI=1S/C25H35N5O3/c31-23(30-14-9-20-5-1-2-6-22(20)30)19-26-15-17-27(18-16-26)24(32)21-7-12-29(13-8-21)25(33)28-10-3-4-11-28/h1-2,5-6,21H,3-4,7-19H2. The van der Waals surface area contributed by atoms with Gasteiger partial charge >= 0.3 is 6.03 Å². The topological polar surface area (TPSA) is 67.4 Å². The molecule has 4 aliphatic heterocycles. The lowest BCUT2D eigenvalue weighted by molar-refractivity contribution is -0.138. The average molecular weight is 454 g/mol. The van der Waals surface area contributed by atoms with E-state index in [4.69, 9.17) is 0 Å². The van der Waals surface area contributed by atoms with Crippen LogP contribution in [-0.4, -0.2) is 103 Å². The predicted molar refractivity (Wildman–Crippen MR) is 126 cm³/mol. The van der Waals surface area contributed by atoms with Gasteiger partial charge in [-0.3, -0.25) is 14.5 Å². The summed E-state index contributed by atoms with van der Waals surface area (Å²) in [5.41, 5.74) is 2.29. The minimum atomic E-state index is 0.0157. The number of nitrogens with zero attached hydrogens (tertiary/aromatic N) is 5. The Labute approximate surface area is 196 Å². The Kier molecular flexibility index (Phi) is 6.53. The minimum absolute atomic E-state index is 0.0157. The van der Waals surface area contributed by atoms with Crippen LogP contribution in [-0.2, 0) is 16.0 Å². The second kappa shape index (κ2) is 9.71. The first-order chi connectivity index (χ1) is 16.1. The van der Waals surface area contributed by atoms with E-state index in [-0.39, 0.29) is 23.8 Å². The first-order valence-corrected chi connectivity index (χ1v) is 12.5. The number of hydrogen-bond acceptors (Lipinski definition) is 4. The Morgan fingerprint density at radius 3 is 2.15 bits per heavy atom. The number of hydrogen-bond donors (Lipinski definition) is 0. The number of urea groups is 1. The highest BCUT2D eigenvalue weighted by Gasteiger charge is 2.34. The van der Waals surface area contributed by atoms with Gasteiger partial charge in [0.15, 0.2) is 0 Å². The number of carbonyl (C=O) groups is 3. The summed E-state index contributed by atoms with van der Waals surface area (Å²) in [5.74, 6) is 0.388. The van der Waals surface area contributed by atoms with Crippen molar-refractivity contribution < 1.29 is 14.4 Å². The largest absolute Gasteiger partial charge is 0.340 e. The van der Waals surface area contributed by atoms with Crippen LogP contribution < -0.4 is 4.90 Å². The van der Waals surface area contributed by atoms with Gasteiger partial charge in [0, 0.05) is 70.5 Å². The van der Waals surface area contributed by atoms with Gasteiger partial charge in [0.2, 0.25) is 11.8 Å². The summed E-state index contributed by atoms with van der Waals surface area (Å²) in [6.07, 6.45) is 4.64. The number of likely N-dealkylation sites (tertiary alicyclic amines) is 2. The summed E-state index contributed by atoms with van der Waals surface area (Å²) < 4.78 is 0. The van der Waals surface area contributed by atoms with Crippen LogP contribution in [0.4, 0.5) is 10.5 Å². The molecule has 0 N–H and O–H groups in total. The van der Waals surface area contributed by atoms with Crippen molar-refractivity contribution in [3.05, 3.63) is 29.8 Å². The smallest absolute Gasteiger partial charge is 0.319 e. The molecule has 1 aromatic rings. The zero-order valence-corrected chi connectivity index (χ0v) is 19.5. The molecule has 4 aliphatic rings. The third-order valence-electron chi connectivity index (χ3n) is 7.72. The average Bonchev–Trinajstić information content (AvgIpc) is 3.54. The summed E-state index contributed by atoms with van der Waals surface area (Å²) in [6.45, 7) is 7.09. The fraction of sp³-hybridized carbons (Fsp3) is 0.640. The zero-order valence-electron chi connectivity index (χ0n) is 19.5. The summed E-state index contributed by atoms with van der Waals surface area (Å²) in [7, 11) is 0. The first-order valence-electron chi connectivity index (χ1n) is 12.5. The van der Waals surface area contributed by atoms with E-state index in [0.29, 0.717) is 32.7 Å². The van der Waals surface area contributed by atoms with Gasteiger partial charge in [-0.25, -0.2) is 4.79 Å². The minimum Gasteiger partial charge on any atom is -0.340 e. The molecule has 8 heteroatoms. The molecule has 1 aromatic carbocycles. The van der Waals surface area contributed by atoms with Crippen LogP contribution in [0.1, 0.15) is 31.2 Å². The SMILES string of the molecule is O=C(C1CCN(C(=O)N2CCCC2)CC1)N1CCN(CC(=O)N2CCc3ccccc32)CC1. The summed E-state index contributed by atoms with van der Waals surface area (Å²) in [6, 6.07) is 8.29. The normalized spacial score (nSPS) is 22.1. The molecule has 3 saturated heterocycles. The molecule has 5 rings (SSSR count). The molecule has 0 saturated carbocycles. The lowest BCUT2D eigenvalue weighted by atomic mass is 9.95. The summed E-state index contributed by atoms with van der Waals surface area (Å²) in [5, 5.41) is 0. The Hall–Kier alpha value is -2.61. The highest BCUT2D eigenvalue weighted by Crippen LogP contribution is 2.28. The number of piperazine rings is 1. The Bertz CT molecular complexity index is 884. The van der Waals surface area contributed by atoms with Gasteiger partial charge in [-0.15, -0.1) is 0 Å². The molecule has 3 fully saturated rings. The molecule has 0 bridgehead atoms. The molecule has 0 aromatic heterocycles. The Balaban J connectivity index is 1.06. The van der Waals surface area contributed by atoms with Gasteiger partial charge in [-0.2, -0.15) is 0 Å². The van der Waals surface area contributed by atoms with E-state index in [1.54, 1.807) is 0 Å². The fourth-order valence-electron chi connectivity index (χ4n) is 5.68. The molecule has 0 aliphatic carbocycles. The van der Waals surface area contributed by atoms with Gasteiger partial charge in [-0.1, -0.05) is 18.2 Å². The van der Waals surface area contributed by atoms with Crippen LogP contribution in [0.25, 0.3) is 0 Å². The number of rotatable bonds is 3. The van der Waals surface area contributed by atoms with E-state index in [1.807, 2.05) is 37.8 Å². The molecule has 0 unspecified atom stereocenters. The Morgan fingerprint density at radius 2 is 1.42 bits per heavy atom. The van der Waals surface area contributed by atoms with Crippen LogP contribution in [0.2, 0.25) is 0 Å². The number of benzene rings is 1. The van der Waals surface area contributed by atoms with E-state index < -0.39 is 0 Å². The molecule has 4 amide bonds. The summed E-state index contributed by atoms with van der Waals surface area (Å²) >= 11 is 0. The maximum atomic E-state index is 13.1. The van der Waals surface area contributed by atoms with Crippen LogP contribution in [0.3, 0.4) is 0 Å². The number of fused-ring (bicyclic) bond motifs is 1. The van der Waals surface area contributed by atoms with Crippen molar-refractivity contribution in [1.29, 1.82) is 0 Å². The van der Waals surface area contributed by atoms with Crippen LogP contribution in [0, 0.1) is 5.92 Å². The second-order valence-electron chi connectivity index (χ2n) is 9.76. The number of piperidine rings is 1. The lowest BCUT2D eigenvalue weighted by Gasteiger charge is -2.39. The van der Waals surface area contributed by atoms with Gasteiger partial charge in [0.1, 0.15) is 0 Å². The number of anilines is 1.